The lowest BCUT2D eigenvalue weighted by atomic mass is 10.2. The Bertz CT molecular complexity index is 1100. The average Bonchev–Trinajstić information content (AvgIpc) is 3.34. The Hall–Kier alpha value is -2.00. The van der Waals surface area contributed by atoms with E-state index in [4.69, 9.17) is 16.6 Å². The van der Waals surface area contributed by atoms with Crippen molar-refractivity contribution in [3.63, 3.8) is 0 Å². The summed E-state index contributed by atoms with van der Waals surface area (Å²) in [5.41, 5.74) is 0.947. The molecule has 9 heteroatoms. The fraction of sp³-hybridized carbons (Fsp3) is 0.300. The Kier molecular flexibility index (Phi) is 5.87. The molecule has 2 aromatic carbocycles. The highest BCUT2D eigenvalue weighted by molar-refractivity contribution is 7.89. The molecule has 0 saturated carbocycles. The van der Waals surface area contributed by atoms with E-state index in [0.717, 1.165) is 28.1 Å². The highest BCUT2D eigenvalue weighted by Crippen LogP contribution is 2.36. The maximum atomic E-state index is 12.8. The molecule has 1 amide bonds. The van der Waals surface area contributed by atoms with E-state index in [0.29, 0.717) is 11.6 Å². The quantitative estimate of drug-likeness (QED) is 0.617. The van der Waals surface area contributed by atoms with Gasteiger partial charge in [0.05, 0.1) is 21.2 Å². The Morgan fingerprint density at radius 2 is 1.97 bits per heavy atom. The Morgan fingerprint density at radius 1 is 1.21 bits per heavy atom. The summed E-state index contributed by atoms with van der Waals surface area (Å²) in [6, 6.07) is 13.8. The number of amides is 1. The number of hydrogen-bond acceptors (Lipinski definition) is 5. The second kappa shape index (κ2) is 8.39. The highest BCUT2D eigenvalue weighted by atomic mass is 35.5. The van der Waals surface area contributed by atoms with Crippen LogP contribution in [0.5, 0.6) is 0 Å². The maximum absolute atomic E-state index is 12.8. The number of carbonyl (C=O) groups excluding carboxylic acids is 1. The Labute approximate surface area is 178 Å². The minimum Gasteiger partial charge on any atom is -0.333 e. The smallest absolute Gasteiger partial charge is 0.240 e. The summed E-state index contributed by atoms with van der Waals surface area (Å²) in [6.07, 6.45) is 1.90. The molecule has 1 fully saturated rings. The number of nitrogens with zero attached hydrogens (tertiary/aromatic N) is 2. The predicted molar refractivity (Wildman–Crippen MR) is 115 cm³/mol. The van der Waals surface area contributed by atoms with Gasteiger partial charge in [0.15, 0.2) is 0 Å². The first-order valence-electron chi connectivity index (χ1n) is 9.34. The van der Waals surface area contributed by atoms with Crippen molar-refractivity contribution < 1.29 is 13.2 Å². The van der Waals surface area contributed by atoms with Gasteiger partial charge in [-0.15, -0.1) is 11.3 Å². The number of halogens is 1. The van der Waals surface area contributed by atoms with Crippen LogP contribution in [0.3, 0.4) is 0 Å². The number of nitrogens with one attached hydrogen (secondary N) is 1. The first-order valence-corrected chi connectivity index (χ1v) is 12.0. The van der Waals surface area contributed by atoms with Crippen LogP contribution in [0.15, 0.2) is 53.4 Å². The first kappa shape index (κ1) is 20.3. The fourth-order valence-electron chi connectivity index (χ4n) is 3.49. The maximum Gasteiger partial charge on any atom is 0.240 e. The normalized spacial score (nSPS) is 17.1. The summed E-state index contributed by atoms with van der Waals surface area (Å²) in [6.45, 7) is 0.718. The molecule has 1 aromatic heterocycles. The lowest BCUT2D eigenvalue weighted by molar-refractivity contribution is -0.131. The lowest BCUT2D eigenvalue weighted by Crippen LogP contribution is -2.34. The van der Waals surface area contributed by atoms with Gasteiger partial charge in [-0.05, 0) is 49.2 Å². The van der Waals surface area contributed by atoms with Crippen molar-refractivity contribution in [1.29, 1.82) is 0 Å². The van der Waals surface area contributed by atoms with Crippen LogP contribution < -0.4 is 4.72 Å². The lowest BCUT2D eigenvalue weighted by Gasteiger charge is -2.23. The van der Waals surface area contributed by atoms with Crippen LogP contribution in [0.25, 0.3) is 10.2 Å². The molecule has 1 N–H and O–H groups in total. The molecule has 1 atom stereocenters. The van der Waals surface area contributed by atoms with Gasteiger partial charge in [-0.3, -0.25) is 4.79 Å². The topological polar surface area (TPSA) is 79.4 Å². The third kappa shape index (κ3) is 4.45. The number of likely N-dealkylation sites (tertiary alicyclic amines) is 1. The SMILES string of the molecule is O=C(CCNS(=O)(=O)c1ccc(Cl)cc1)N1CCCC1c1nc2ccccc2s1. The summed E-state index contributed by atoms with van der Waals surface area (Å²) in [5.74, 6) is -0.0643. The molecule has 0 aliphatic carbocycles. The molecule has 0 radical (unpaired) electrons. The van der Waals surface area contributed by atoms with E-state index in [9.17, 15) is 13.2 Å². The summed E-state index contributed by atoms with van der Waals surface area (Å²) < 4.78 is 28.3. The number of fused-ring (bicyclic) bond motifs is 1. The van der Waals surface area contributed by atoms with Gasteiger partial charge in [-0.1, -0.05) is 23.7 Å². The van der Waals surface area contributed by atoms with Crippen molar-refractivity contribution in [3.05, 3.63) is 58.6 Å². The van der Waals surface area contributed by atoms with Crippen molar-refractivity contribution >= 4 is 49.1 Å². The van der Waals surface area contributed by atoms with E-state index in [1.54, 1.807) is 11.3 Å². The molecule has 1 aliphatic rings. The van der Waals surface area contributed by atoms with Crippen LogP contribution in [0.4, 0.5) is 0 Å². The number of benzene rings is 2. The zero-order valence-electron chi connectivity index (χ0n) is 15.5. The number of sulfonamides is 1. The van der Waals surface area contributed by atoms with Crippen LogP contribution in [0, 0.1) is 0 Å². The molecule has 1 aliphatic heterocycles. The second-order valence-corrected chi connectivity index (χ2v) is 10.1. The zero-order valence-corrected chi connectivity index (χ0v) is 17.9. The van der Waals surface area contributed by atoms with Gasteiger partial charge in [-0.25, -0.2) is 18.1 Å². The van der Waals surface area contributed by atoms with Crippen molar-refractivity contribution in [2.75, 3.05) is 13.1 Å². The predicted octanol–water partition coefficient (Wildman–Crippen LogP) is 3.98. The number of para-hydroxylation sites is 1. The van der Waals surface area contributed by atoms with Crippen LogP contribution in [-0.4, -0.2) is 37.3 Å². The highest BCUT2D eigenvalue weighted by Gasteiger charge is 2.32. The second-order valence-electron chi connectivity index (χ2n) is 6.87. The minimum atomic E-state index is -3.67. The molecule has 1 saturated heterocycles. The molecule has 0 spiro atoms. The van der Waals surface area contributed by atoms with E-state index in [2.05, 4.69) is 4.72 Å². The molecular formula is C20H20ClN3O3S2. The summed E-state index contributed by atoms with van der Waals surface area (Å²) in [4.78, 5) is 19.4. The Balaban J connectivity index is 1.39. The van der Waals surface area contributed by atoms with E-state index in [1.165, 1.54) is 24.3 Å². The van der Waals surface area contributed by atoms with Crippen molar-refractivity contribution in [2.24, 2.45) is 0 Å². The molecule has 1 unspecified atom stereocenters. The molecule has 6 nitrogen and oxygen atoms in total. The van der Waals surface area contributed by atoms with Crippen LogP contribution in [-0.2, 0) is 14.8 Å². The zero-order chi connectivity index (χ0) is 20.4. The van der Waals surface area contributed by atoms with Crippen LogP contribution >= 0.6 is 22.9 Å². The van der Waals surface area contributed by atoms with Gasteiger partial charge < -0.3 is 4.90 Å². The van der Waals surface area contributed by atoms with Crippen molar-refractivity contribution in [3.8, 4) is 0 Å². The van der Waals surface area contributed by atoms with E-state index >= 15 is 0 Å². The van der Waals surface area contributed by atoms with E-state index in [-0.39, 0.29) is 29.8 Å². The van der Waals surface area contributed by atoms with Gasteiger partial charge in [0.25, 0.3) is 0 Å². The standard InChI is InChI=1S/C20H20ClN3O3S2/c21-14-7-9-15(10-8-14)29(26,27)22-12-11-19(25)24-13-3-5-17(24)20-23-16-4-1-2-6-18(16)28-20/h1-2,4,6-10,17,22H,3,5,11-13H2. The van der Waals surface area contributed by atoms with E-state index in [1.807, 2.05) is 29.2 Å². The Morgan fingerprint density at radius 3 is 2.72 bits per heavy atom. The monoisotopic (exact) mass is 449 g/mol. The summed E-state index contributed by atoms with van der Waals surface area (Å²) in [7, 11) is -3.67. The first-order chi connectivity index (χ1) is 13.9. The molecule has 2 heterocycles. The van der Waals surface area contributed by atoms with Crippen LogP contribution in [0.1, 0.15) is 30.3 Å². The molecule has 29 heavy (non-hydrogen) atoms. The summed E-state index contributed by atoms with van der Waals surface area (Å²) in [5, 5.41) is 1.41. The number of carbonyl (C=O) groups is 1. The third-order valence-corrected chi connectivity index (χ3v) is 7.79. The van der Waals surface area contributed by atoms with E-state index < -0.39 is 10.0 Å². The molecule has 3 aromatic rings. The van der Waals surface area contributed by atoms with Gasteiger partial charge in [0, 0.05) is 24.5 Å². The molecule has 0 bridgehead atoms. The largest absolute Gasteiger partial charge is 0.333 e. The molecule has 152 valence electrons. The number of aromatic nitrogens is 1. The van der Waals surface area contributed by atoms with Gasteiger partial charge >= 0.3 is 0 Å². The van der Waals surface area contributed by atoms with Crippen molar-refractivity contribution in [2.45, 2.75) is 30.2 Å². The van der Waals surface area contributed by atoms with Crippen molar-refractivity contribution in [1.82, 2.24) is 14.6 Å². The van der Waals surface area contributed by atoms with Gasteiger partial charge in [0.1, 0.15) is 5.01 Å². The molecular weight excluding hydrogens is 430 g/mol. The minimum absolute atomic E-state index is 0.0345. The van der Waals surface area contributed by atoms with Gasteiger partial charge in [0.2, 0.25) is 15.9 Å². The molecule has 4 rings (SSSR count). The third-order valence-electron chi connectivity index (χ3n) is 4.92. The number of hydrogen-bond donors (Lipinski definition) is 1. The van der Waals surface area contributed by atoms with Gasteiger partial charge in [-0.2, -0.15) is 0 Å². The number of rotatable bonds is 6. The van der Waals surface area contributed by atoms with Crippen LogP contribution in [0.2, 0.25) is 5.02 Å². The average molecular weight is 450 g/mol. The summed E-state index contributed by atoms with van der Waals surface area (Å²) >= 11 is 7.42. The number of thiazole rings is 1. The fourth-order valence-corrected chi connectivity index (χ4v) is 5.76.